The third kappa shape index (κ3) is 1.95. The molecule has 3 nitrogen and oxygen atoms in total. The molecule has 1 aliphatic heterocycles. The summed E-state index contributed by atoms with van der Waals surface area (Å²) in [6.45, 7) is 4.15. The molecule has 0 bridgehead atoms. The molecular formula is C15H19N3. The molecule has 0 amide bonds. The summed E-state index contributed by atoms with van der Waals surface area (Å²) in [5.74, 6) is 1.18. The highest BCUT2D eigenvalue weighted by Gasteiger charge is 2.17. The second kappa shape index (κ2) is 4.58. The molecule has 18 heavy (non-hydrogen) atoms. The molecule has 0 aliphatic carbocycles. The van der Waals surface area contributed by atoms with Gasteiger partial charge >= 0.3 is 0 Å². The molecule has 0 spiro atoms. The van der Waals surface area contributed by atoms with Crippen molar-refractivity contribution in [3.63, 3.8) is 0 Å². The number of aromatic nitrogens is 2. The van der Waals surface area contributed by atoms with Crippen molar-refractivity contribution in [2.24, 2.45) is 7.05 Å². The van der Waals surface area contributed by atoms with Gasteiger partial charge in [-0.05, 0) is 18.1 Å². The van der Waals surface area contributed by atoms with Crippen LogP contribution in [0.1, 0.15) is 28.3 Å². The Labute approximate surface area is 108 Å². The number of nitrogens with one attached hydrogen (secondary N) is 1. The Balaban J connectivity index is 1.94. The van der Waals surface area contributed by atoms with Gasteiger partial charge in [0, 0.05) is 38.7 Å². The number of fused-ring (bicyclic) bond motifs is 1. The summed E-state index contributed by atoms with van der Waals surface area (Å²) in [5.41, 5.74) is 5.34. The first-order valence-electron chi connectivity index (χ1n) is 6.54. The zero-order chi connectivity index (χ0) is 12.5. The summed E-state index contributed by atoms with van der Waals surface area (Å²) in [5, 5.41) is 3.38. The SMILES string of the molecule is Cc1ccccc1Cc1nc2c(n1C)CCNC2. The van der Waals surface area contributed by atoms with Crippen molar-refractivity contribution in [3.05, 3.63) is 52.6 Å². The lowest BCUT2D eigenvalue weighted by molar-refractivity contribution is 0.610. The summed E-state index contributed by atoms with van der Waals surface area (Å²) in [4.78, 5) is 4.79. The van der Waals surface area contributed by atoms with Gasteiger partial charge in [0.1, 0.15) is 5.82 Å². The maximum Gasteiger partial charge on any atom is 0.113 e. The molecule has 0 atom stereocenters. The zero-order valence-electron chi connectivity index (χ0n) is 11.0. The first-order valence-corrected chi connectivity index (χ1v) is 6.54. The van der Waals surface area contributed by atoms with E-state index in [2.05, 4.69) is 48.1 Å². The van der Waals surface area contributed by atoms with Crippen LogP contribution in [0, 0.1) is 6.92 Å². The quantitative estimate of drug-likeness (QED) is 0.871. The molecule has 0 radical (unpaired) electrons. The number of nitrogens with zero attached hydrogens (tertiary/aromatic N) is 2. The van der Waals surface area contributed by atoms with E-state index >= 15 is 0 Å². The van der Waals surface area contributed by atoms with Crippen molar-refractivity contribution >= 4 is 0 Å². The molecule has 2 heterocycles. The van der Waals surface area contributed by atoms with E-state index in [4.69, 9.17) is 4.98 Å². The molecule has 0 unspecified atom stereocenters. The van der Waals surface area contributed by atoms with Crippen molar-refractivity contribution in [1.82, 2.24) is 14.9 Å². The van der Waals surface area contributed by atoms with Gasteiger partial charge in [0.15, 0.2) is 0 Å². The first-order chi connectivity index (χ1) is 8.75. The molecule has 0 fully saturated rings. The van der Waals surface area contributed by atoms with Crippen LogP contribution in [0.2, 0.25) is 0 Å². The fourth-order valence-electron chi connectivity index (χ4n) is 2.65. The predicted molar refractivity (Wildman–Crippen MR) is 72.6 cm³/mol. The fourth-order valence-corrected chi connectivity index (χ4v) is 2.65. The highest BCUT2D eigenvalue weighted by atomic mass is 15.1. The van der Waals surface area contributed by atoms with Crippen LogP contribution in [-0.2, 0) is 26.4 Å². The molecule has 0 saturated carbocycles. The standard InChI is InChI=1S/C15H19N3/c1-11-5-3-4-6-12(11)9-15-17-13-10-16-8-7-14(13)18(15)2/h3-6,16H,7-10H2,1-2H3. The minimum atomic E-state index is 0.914. The Morgan fingerprint density at radius 1 is 1.33 bits per heavy atom. The Morgan fingerprint density at radius 3 is 2.94 bits per heavy atom. The van der Waals surface area contributed by atoms with Crippen molar-refractivity contribution in [2.75, 3.05) is 6.54 Å². The van der Waals surface area contributed by atoms with Crippen LogP contribution in [0.4, 0.5) is 0 Å². The van der Waals surface area contributed by atoms with Crippen LogP contribution in [0.3, 0.4) is 0 Å². The number of imidazole rings is 1. The van der Waals surface area contributed by atoms with Crippen LogP contribution in [0.5, 0.6) is 0 Å². The maximum absolute atomic E-state index is 4.79. The largest absolute Gasteiger partial charge is 0.334 e. The summed E-state index contributed by atoms with van der Waals surface area (Å²) in [6.07, 6.45) is 2.02. The topological polar surface area (TPSA) is 29.9 Å². The first kappa shape index (κ1) is 11.5. The van der Waals surface area contributed by atoms with Crippen molar-refractivity contribution in [1.29, 1.82) is 0 Å². The highest BCUT2D eigenvalue weighted by Crippen LogP contribution is 2.18. The Morgan fingerprint density at radius 2 is 2.17 bits per heavy atom. The molecule has 1 aliphatic rings. The molecule has 1 aromatic carbocycles. The van der Waals surface area contributed by atoms with Crippen LogP contribution < -0.4 is 5.32 Å². The molecule has 94 valence electrons. The normalized spacial score (nSPS) is 14.6. The Hall–Kier alpha value is -1.61. The molecule has 2 aromatic rings. The lowest BCUT2D eigenvalue weighted by Crippen LogP contribution is -2.24. The fraction of sp³-hybridized carbons (Fsp3) is 0.400. The lowest BCUT2D eigenvalue weighted by atomic mass is 10.1. The second-order valence-electron chi connectivity index (χ2n) is 5.01. The Bertz CT molecular complexity index is 569. The number of hydrogen-bond donors (Lipinski definition) is 1. The van der Waals surface area contributed by atoms with E-state index in [-0.39, 0.29) is 0 Å². The molecular weight excluding hydrogens is 222 g/mol. The van der Waals surface area contributed by atoms with Gasteiger partial charge in [-0.2, -0.15) is 0 Å². The van der Waals surface area contributed by atoms with Gasteiger partial charge in [-0.15, -0.1) is 0 Å². The van der Waals surface area contributed by atoms with E-state index in [0.717, 1.165) is 25.9 Å². The van der Waals surface area contributed by atoms with E-state index < -0.39 is 0 Å². The molecule has 3 rings (SSSR count). The van der Waals surface area contributed by atoms with Gasteiger partial charge in [0.05, 0.1) is 5.69 Å². The maximum atomic E-state index is 4.79. The van der Waals surface area contributed by atoms with E-state index in [1.165, 1.54) is 28.3 Å². The third-order valence-corrected chi connectivity index (χ3v) is 3.83. The lowest BCUT2D eigenvalue weighted by Gasteiger charge is -2.13. The third-order valence-electron chi connectivity index (χ3n) is 3.83. The van der Waals surface area contributed by atoms with Crippen molar-refractivity contribution in [2.45, 2.75) is 26.3 Å². The van der Waals surface area contributed by atoms with Gasteiger partial charge in [-0.25, -0.2) is 4.98 Å². The van der Waals surface area contributed by atoms with Gasteiger partial charge < -0.3 is 9.88 Å². The number of hydrogen-bond acceptors (Lipinski definition) is 2. The van der Waals surface area contributed by atoms with E-state index in [0.29, 0.717) is 0 Å². The summed E-state index contributed by atoms with van der Waals surface area (Å²) in [6, 6.07) is 8.56. The van der Waals surface area contributed by atoms with Crippen LogP contribution >= 0.6 is 0 Å². The van der Waals surface area contributed by atoms with Crippen molar-refractivity contribution in [3.8, 4) is 0 Å². The highest BCUT2D eigenvalue weighted by molar-refractivity contribution is 5.30. The van der Waals surface area contributed by atoms with E-state index in [1.807, 2.05) is 0 Å². The van der Waals surface area contributed by atoms with Crippen LogP contribution in [-0.4, -0.2) is 16.1 Å². The van der Waals surface area contributed by atoms with Crippen LogP contribution in [0.15, 0.2) is 24.3 Å². The minimum absolute atomic E-state index is 0.914. The second-order valence-corrected chi connectivity index (χ2v) is 5.01. The minimum Gasteiger partial charge on any atom is -0.334 e. The molecule has 3 heteroatoms. The van der Waals surface area contributed by atoms with Gasteiger partial charge in [0.25, 0.3) is 0 Å². The predicted octanol–water partition coefficient (Wildman–Crippen LogP) is 1.97. The van der Waals surface area contributed by atoms with Crippen LogP contribution in [0.25, 0.3) is 0 Å². The molecule has 0 saturated heterocycles. The summed E-state index contributed by atoms with van der Waals surface area (Å²) >= 11 is 0. The summed E-state index contributed by atoms with van der Waals surface area (Å²) in [7, 11) is 2.14. The summed E-state index contributed by atoms with van der Waals surface area (Å²) < 4.78 is 2.28. The average molecular weight is 241 g/mol. The van der Waals surface area contributed by atoms with E-state index in [1.54, 1.807) is 0 Å². The number of rotatable bonds is 2. The molecule has 1 N–H and O–H groups in total. The number of benzene rings is 1. The average Bonchev–Trinajstić information content (AvgIpc) is 2.70. The van der Waals surface area contributed by atoms with Gasteiger partial charge in [-0.3, -0.25) is 0 Å². The van der Waals surface area contributed by atoms with E-state index in [9.17, 15) is 0 Å². The zero-order valence-corrected chi connectivity index (χ0v) is 11.0. The van der Waals surface area contributed by atoms with Crippen molar-refractivity contribution < 1.29 is 0 Å². The number of aryl methyl sites for hydroxylation is 1. The van der Waals surface area contributed by atoms with Gasteiger partial charge in [0.2, 0.25) is 0 Å². The smallest absolute Gasteiger partial charge is 0.113 e. The van der Waals surface area contributed by atoms with Gasteiger partial charge in [-0.1, -0.05) is 24.3 Å². The Kier molecular flexibility index (Phi) is 2.92. The molecule has 1 aromatic heterocycles. The monoisotopic (exact) mass is 241 g/mol.